The van der Waals surface area contributed by atoms with E-state index in [2.05, 4.69) is 5.32 Å². The molecule has 1 fully saturated rings. The standard InChI is InChI=1S/C7H13N3O5/c8-6(13)10-7(14)9-5-1-3(12)4(2-11)15-5/h3-5,11-12H,1-2H2,(H4,8,9,10,13,14)/t3-,4+,5-/m0/s1. The predicted octanol–water partition coefficient (Wildman–Crippen LogP) is -2.17. The van der Waals surface area contributed by atoms with Crippen LogP contribution < -0.4 is 16.4 Å². The quantitative estimate of drug-likeness (QED) is 0.360. The van der Waals surface area contributed by atoms with Gasteiger partial charge in [-0.3, -0.25) is 5.32 Å². The van der Waals surface area contributed by atoms with Crippen molar-refractivity contribution in [3.63, 3.8) is 0 Å². The molecule has 0 radical (unpaired) electrons. The number of aliphatic hydroxyl groups is 2. The van der Waals surface area contributed by atoms with E-state index in [1.807, 2.05) is 0 Å². The van der Waals surface area contributed by atoms with Crippen molar-refractivity contribution < 1.29 is 24.5 Å². The van der Waals surface area contributed by atoms with Crippen LogP contribution in [0.5, 0.6) is 0 Å². The van der Waals surface area contributed by atoms with Crippen LogP contribution in [-0.2, 0) is 4.74 Å². The van der Waals surface area contributed by atoms with Crippen LogP contribution in [0.2, 0.25) is 0 Å². The van der Waals surface area contributed by atoms with E-state index in [4.69, 9.17) is 15.6 Å². The molecule has 0 spiro atoms. The van der Waals surface area contributed by atoms with E-state index < -0.39 is 30.5 Å². The SMILES string of the molecule is NC(=O)NC(=O)N[C@@H]1C[C@H](O)[C@@H](CO)O1. The third kappa shape index (κ3) is 3.35. The van der Waals surface area contributed by atoms with Gasteiger partial charge in [0.25, 0.3) is 0 Å². The van der Waals surface area contributed by atoms with Gasteiger partial charge in [0.1, 0.15) is 12.3 Å². The Labute approximate surface area is 85.4 Å². The summed E-state index contributed by atoms with van der Waals surface area (Å²) in [6, 6.07) is -1.79. The van der Waals surface area contributed by atoms with Crippen molar-refractivity contribution >= 4 is 12.1 Å². The first-order valence-electron chi connectivity index (χ1n) is 4.34. The molecule has 0 aromatic carbocycles. The van der Waals surface area contributed by atoms with Crippen LogP contribution in [-0.4, -0.2) is 47.3 Å². The Hall–Kier alpha value is -1.38. The first-order valence-corrected chi connectivity index (χ1v) is 4.34. The lowest BCUT2D eigenvalue weighted by atomic mass is 10.2. The Kier molecular flexibility index (Phi) is 3.83. The minimum atomic E-state index is -0.982. The average Bonchev–Trinajstić information content (AvgIpc) is 2.44. The van der Waals surface area contributed by atoms with Crippen molar-refractivity contribution in [3.8, 4) is 0 Å². The van der Waals surface area contributed by atoms with Gasteiger partial charge in [-0.25, -0.2) is 9.59 Å². The fourth-order valence-electron chi connectivity index (χ4n) is 1.28. The molecule has 0 saturated carbocycles. The molecule has 1 heterocycles. The van der Waals surface area contributed by atoms with Gasteiger partial charge in [-0.1, -0.05) is 0 Å². The number of primary amides is 1. The van der Waals surface area contributed by atoms with Crippen molar-refractivity contribution in [1.29, 1.82) is 0 Å². The zero-order valence-corrected chi connectivity index (χ0v) is 7.84. The summed E-state index contributed by atoms with van der Waals surface area (Å²) in [6.07, 6.45) is -2.15. The molecular weight excluding hydrogens is 206 g/mol. The molecule has 1 saturated heterocycles. The van der Waals surface area contributed by atoms with Gasteiger partial charge in [0.05, 0.1) is 12.7 Å². The van der Waals surface area contributed by atoms with Crippen molar-refractivity contribution in [2.24, 2.45) is 5.73 Å². The summed E-state index contributed by atoms with van der Waals surface area (Å²) >= 11 is 0. The third-order valence-corrected chi connectivity index (χ3v) is 1.93. The molecule has 3 atom stereocenters. The molecule has 86 valence electrons. The Morgan fingerprint density at radius 2 is 2.20 bits per heavy atom. The summed E-state index contributed by atoms with van der Waals surface area (Å²) in [5, 5.41) is 22.1. The van der Waals surface area contributed by atoms with Crippen LogP contribution in [0.15, 0.2) is 0 Å². The molecule has 8 nitrogen and oxygen atoms in total. The minimum absolute atomic E-state index is 0.150. The first kappa shape index (κ1) is 11.7. The lowest BCUT2D eigenvalue weighted by molar-refractivity contribution is -0.0272. The highest BCUT2D eigenvalue weighted by molar-refractivity contribution is 5.92. The second-order valence-corrected chi connectivity index (χ2v) is 3.11. The third-order valence-electron chi connectivity index (χ3n) is 1.93. The van der Waals surface area contributed by atoms with Gasteiger partial charge >= 0.3 is 12.1 Å². The van der Waals surface area contributed by atoms with Crippen LogP contribution in [0.25, 0.3) is 0 Å². The van der Waals surface area contributed by atoms with Crippen LogP contribution >= 0.6 is 0 Å². The number of imide groups is 1. The predicted molar refractivity (Wildman–Crippen MR) is 47.6 cm³/mol. The number of aliphatic hydroxyl groups excluding tert-OH is 2. The minimum Gasteiger partial charge on any atom is -0.394 e. The maximum atomic E-state index is 11.0. The number of hydrogen-bond acceptors (Lipinski definition) is 5. The van der Waals surface area contributed by atoms with Crippen LogP contribution in [0.3, 0.4) is 0 Å². The molecule has 1 aliphatic rings. The smallest absolute Gasteiger partial charge is 0.324 e. The fraction of sp³-hybridized carbons (Fsp3) is 0.714. The molecule has 8 heteroatoms. The highest BCUT2D eigenvalue weighted by atomic mass is 16.5. The maximum Gasteiger partial charge on any atom is 0.324 e. The van der Waals surface area contributed by atoms with E-state index in [1.54, 1.807) is 5.32 Å². The molecule has 0 aromatic heterocycles. The highest BCUT2D eigenvalue weighted by Gasteiger charge is 2.34. The number of carbonyl (C=O) groups excluding carboxylic acids is 2. The molecule has 1 aliphatic heterocycles. The molecule has 0 aromatic rings. The maximum absolute atomic E-state index is 11.0. The zero-order valence-electron chi connectivity index (χ0n) is 7.84. The number of nitrogens with one attached hydrogen (secondary N) is 2. The van der Waals surface area contributed by atoms with E-state index >= 15 is 0 Å². The molecule has 6 N–H and O–H groups in total. The zero-order chi connectivity index (χ0) is 11.4. The molecule has 4 amide bonds. The number of carbonyl (C=O) groups is 2. The van der Waals surface area contributed by atoms with E-state index in [9.17, 15) is 14.7 Å². The van der Waals surface area contributed by atoms with E-state index in [0.29, 0.717) is 0 Å². The molecule has 0 bridgehead atoms. The molecule has 1 rings (SSSR count). The Balaban J connectivity index is 2.35. The van der Waals surface area contributed by atoms with Gasteiger partial charge in [-0.2, -0.15) is 0 Å². The van der Waals surface area contributed by atoms with Crippen molar-refractivity contribution in [2.45, 2.75) is 24.9 Å². The summed E-state index contributed by atoms with van der Waals surface area (Å²) in [4.78, 5) is 21.3. The monoisotopic (exact) mass is 219 g/mol. The Bertz CT molecular complexity index is 259. The van der Waals surface area contributed by atoms with Crippen molar-refractivity contribution in [3.05, 3.63) is 0 Å². The second kappa shape index (κ2) is 4.91. The Morgan fingerprint density at radius 1 is 1.53 bits per heavy atom. The van der Waals surface area contributed by atoms with Gasteiger partial charge in [-0.15, -0.1) is 0 Å². The topological polar surface area (TPSA) is 134 Å². The van der Waals surface area contributed by atoms with Crippen LogP contribution in [0, 0.1) is 0 Å². The number of urea groups is 2. The van der Waals surface area contributed by atoms with Gasteiger partial charge in [0, 0.05) is 6.42 Å². The number of rotatable bonds is 2. The lowest BCUT2D eigenvalue weighted by Gasteiger charge is -2.13. The molecule has 15 heavy (non-hydrogen) atoms. The molecule has 0 aliphatic carbocycles. The number of amides is 4. The van der Waals surface area contributed by atoms with Gasteiger partial charge in [0.15, 0.2) is 0 Å². The number of nitrogens with two attached hydrogens (primary N) is 1. The van der Waals surface area contributed by atoms with Crippen molar-refractivity contribution in [1.82, 2.24) is 10.6 Å². The summed E-state index contributed by atoms with van der Waals surface area (Å²) in [7, 11) is 0. The van der Waals surface area contributed by atoms with Gasteiger partial charge < -0.3 is 26.0 Å². The summed E-state index contributed by atoms with van der Waals surface area (Å²) in [5.74, 6) is 0. The van der Waals surface area contributed by atoms with Crippen LogP contribution in [0.1, 0.15) is 6.42 Å². The normalized spacial score (nSPS) is 29.9. The number of ether oxygens (including phenoxy) is 1. The molecule has 0 unspecified atom stereocenters. The van der Waals surface area contributed by atoms with Crippen molar-refractivity contribution in [2.75, 3.05) is 6.61 Å². The average molecular weight is 219 g/mol. The van der Waals surface area contributed by atoms with E-state index in [0.717, 1.165) is 0 Å². The second-order valence-electron chi connectivity index (χ2n) is 3.11. The summed E-state index contributed by atoms with van der Waals surface area (Å²) in [5.41, 5.74) is 4.71. The largest absolute Gasteiger partial charge is 0.394 e. The summed E-state index contributed by atoms with van der Waals surface area (Å²) < 4.78 is 5.05. The van der Waals surface area contributed by atoms with Crippen LogP contribution in [0.4, 0.5) is 9.59 Å². The molecular formula is C7H13N3O5. The van der Waals surface area contributed by atoms with E-state index in [-0.39, 0.29) is 13.0 Å². The van der Waals surface area contributed by atoms with Gasteiger partial charge in [0.2, 0.25) is 0 Å². The fourth-order valence-corrected chi connectivity index (χ4v) is 1.28. The lowest BCUT2D eigenvalue weighted by Crippen LogP contribution is -2.46. The Morgan fingerprint density at radius 3 is 2.67 bits per heavy atom. The van der Waals surface area contributed by atoms with Gasteiger partial charge in [-0.05, 0) is 0 Å². The highest BCUT2D eigenvalue weighted by Crippen LogP contribution is 2.17. The number of hydrogen-bond donors (Lipinski definition) is 5. The summed E-state index contributed by atoms with van der Waals surface area (Å²) in [6.45, 7) is -0.337. The first-order chi connectivity index (χ1) is 7.02. The van der Waals surface area contributed by atoms with E-state index in [1.165, 1.54) is 0 Å².